The summed E-state index contributed by atoms with van der Waals surface area (Å²) >= 11 is 0. The molecule has 1 aromatic rings. The molecule has 20 heavy (non-hydrogen) atoms. The van der Waals surface area contributed by atoms with E-state index in [1.807, 2.05) is 0 Å². The van der Waals surface area contributed by atoms with Crippen molar-refractivity contribution in [3.8, 4) is 0 Å². The van der Waals surface area contributed by atoms with Gasteiger partial charge in [-0.15, -0.1) is 0 Å². The zero-order valence-corrected chi connectivity index (χ0v) is 11.6. The lowest BCUT2D eigenvalue weighted by molar-refractivity contribution is 0.0461. The number of fused-ring (bicyclic) bond motifs is 2. The summed E-state index contributed by atoms with van der Waals surface area (Å²) in [5.74, 6) is -0.200. The fourth-order valence-electron chi connectivity index (χ4n) is 3.46. The van der Waals surface area contributed by atoms with Crippen LogP contribution in [0.3, 0.4) is 0 Å². The fraction of sp³-hybridized carbons (Fsp3) is 0.643. The van der Waals surface area contributed by atoms with E-state index >= 15 is 0 Å². The largest absolute Gasteiger partial charge is 0.348 e. The normalized spacial score (nSPS) is 29.9. The number of piperidine rings is 2. The molecular formula is C14H20N4O2. The Kier molecular flexibility index (Phi) is 3.56. The minimum Gasteiger partial charge on any atom is -0.348 e. The highest BCUT2D eigenvalue weighted by atomic mass is 16.2. The number of hydrogen-bond donors (Lipinski definition) is 2. The number of amides is 1. The number of nitrogens with zero attached hydrogens (tertiary/aromatic N) is 2. The molecule has 108 valence electrons. The van der Waals surface area contributed by atoms with Gasteiger partial charge in [-0.25, -0.2) is 5.10 Å². The van der Waals surface area contributed by atoms with Crippen LogP contribution in [-0.2, 0) is 0 Å². The molecule has 0 saturated carbocycles. The molecule has 2 saturated heterocycles. The molecule has 2 unspecified atom stereocenters. The van der Waals surface area contributed by atoms with Crippen molar-refractivity contribution in [2.75, 3.05) is 7.05 Å². The van der Waals surface area contributed by atoms with Crippen molar-refractivity contribution in [3.05, 3.63) is 28.2 Å². The minimum atomic E-state index is -0.296. The highest BCUT2D eigenvalue weighted by molar-refractivity contribution is 5.92. The van der Waals surface area contributed by atoms with Crippen molar-refractivity contribution in [1.29, 1.82) is 0 Å². The van der Waals surface area contributed by atoms with Crippen LogP contribution < -0.4 is 10.9 Å². The Balaban J connectivity index is 1.65. The first-order valence-electron chi connectivity index (χ1n) is 7.22. The lowest BCUT2D eigenvalue weighted by Crippen LogP contribution is -2.55. The van der Waals surface area contributed by atoms with Crippen LogP contribution in [0.4, 0.5) is 0 Å². The maximum absolute atomic E-state index is 12.1. The molecule has 1 amide bonds. The quantitative estimate of drug-likeness (QED) is 0.825. The first-order valence-corrected chi connectivity index (χ1v) is 7.22. The Morgan fingerprint density at radius 3 is 2.65 bits per heavy atom. The molecule has 0 spiro atoms. The second-order valence-corrected chi connectivity index (χ2v) is 5.85. The molecule has 2 atom stereocenters. The highest BCUT2D eigenvalue weighted by Gasteiger charge is 2.36. The standard InChI is InChI=1S/C14H20N4O2/c1-18-10-3-2-4-11(18)8-9(7-10)15-14(20)12-5-6-13(19)17-16-12/h5-6,9-11H,2-4,7-8H2,1H3,(H,15,20)(H,17,19). The van der Waals surface area contributed by atoms with Crippen LogP contribution >= 0.6 is 0 Å². The number of nitrogens with one attached hydrogen (secondary N) is 2. The van der Waals surface area contributed by atoms with Crippen LogP contribution in [0, 0.1) is 0 Å². The molecule has 2 aliphatic rings. The first-order chi connectivity index (χ1) is 9.63. The molecule has 6 nitrogen and oxygen atoms in total. The second-order valence-electron chi connectivity index (χ2n) is 5.85. The van der Waals surface area contributed by atoms with E-state index in [9.17, 15) is 9.59 Å². The van der Waals surface area contributed by atoms with Gasteiger partial charge >= 0.3 is 0 Å². The summed E-state index contributed by atoms with van der Waals surface area (Å²) in [5, 5.41) is 9.11. The van der Waals surface area contributed by atoms with E-state index in [0.29, 0.717) is 12.1 Å². The van der Waals surface area contributed by atoms with E-state index in [0.717, 1.165) is 12.8 Å². The Labute approximate surface area is 117 Å². The van der Waals surface area contributed by atoms with Crippen molar-refractivity contribution in [1.82, 2.24) is 20.4 Å². The second kappa shape index (κ2) is 5.36. The maximum atomic E-state index is 12.1. The van der Waals surface area contributed by atoms with Crippen molar-refractivity contribution in [2.24, 2.45) is 0 Å². The monoisotopic (exact) mass is 276 g/mol. The van der Waals surface area contributed by atoms with Crippen molar-refractivity contribution in [3.63, 3.8) is 0 Å². The van der Waals surface area contributed by atoms with E-state index < -0.39 is 0 Å². The third kappa shape index (κ3) is 2.60. The zero-order chi connectivity index (χ0) is 14.1. The first kappa shape index (κ1) is 13.3. The summed E-state index contributed by atoms with van der Waals surface area (Å²) in [6, 6.07) is 4.16. The lowest BCUT2D eigenvalue weighted by atomic mass is 9.82. The van der Waals surface area contributed by atoms with Gasteiger partial charge in [0.2, 0.25) is 0 Å². The van der Waals surface area contributed by atoms with Gasteiger partial charge in [0.25, 0.3) is 11.5 Å². The summed E-state index contributed by atoms with van der Waals surface area (Å²) in [7, 11) is 2.19. The molecule has 2 aliphatic heterocycles. The summed E-state index contributed by atoms with van der Waals surface area (Å²) in [6.45, 7) is 0. The number of aromatic amines is 1. The number of rotatable bonds is 2. The van der Waals surface area contributed by atoms with Gasteiger partial charge in [0.05, 0.1) is 0 Å². The van der Waals surface area contributed by atoms with Gasteiger partial charge in [0.1, 0.15) is 5.69 Å². The average Bonchev–Trinajstić information content (AvgIpc) is 2.40. The summed E-state index contributed by atoms with van der Waals surface area (Å²) in [5.41, 5.74) is -0.0240. The number of aromatic nitrogens is 2. The van der Waals surface area contributed by atoms with Gasteiger partial charge in [0, 0.05) is 24.2 Å². The molecule has 2 fully saturated rings. The number of carbonyl (C=O) groups is 1. The van der Waals surface area contributed by atoms with E-state index in [2.05, 4.69) is 27.5 Å². The summed E-state index contributed by atoms with van der Waals surface area (Å²) in [4.78, 5) is 25.5. The van der Waals surface area contributed by atoms with Gasteiger partial charge in [0.15, 0.2) is 0 Å². The van der Waals surface area contributed by atoms with Crippen molar-refractivity contribution < 1.29 is 4.79 Å². The van der Waals surface area contributed by atoms with Crippen LogP contribution in [0.2, 0.25) is 0 Å². The lowest BCUT2D eigenvalue weighted by Gasteiger charge is -2.47. The molecule has 3 heterocycles. The average molecular weight is 276 g/mol. The van der Waals surface area contributed by atoms with E-state index in [1.54, 1.807) is 0 Å². The molecule has 0 aliphatic carbocycles. The Hall–Kier alpha value is -1.69. The maximum Gasteiger partial charge on any atom is 0.271 e. The van der Waals surface area contributed by atoms with Crippen molar-refractivity contribution in [2.45, 2.75) is 50.2 Å². The molecule has 0 aromatic carbocycles. The van der Waals surface area contributed by atoms with Crippen LogP contribution in [-0.4, -0.2) is 46.2 Å². The number of H-pyrrole nitrogens is 1. The van der Waals surface area contributed by atoms with Crippen LogP contribution in [0.15, 0.2) is 16.9 Å². The topological polar surface area (TPSA) is 78.1 Å². The Bertz CT molecular complexity index is 522. The minimum absolute atomic E-state index is 0.200. The Morgan fingerprint density at radius 2 is 2.05 bits per heavy atom. The van der Waals surface area contributed by atoms with Gasteiger partial charge in [-0.3, -0.25) is 9.59 Å². The van der Waals surface area contributed by atoms with Gasteiger partial charge in [-0.1, -0.05) is 6.42 Å². The van der Waals surface area contributed by atoms with E-state index in [-0.39, 0.29) is 23.2 Å². The zero-order valence-electron chi connectivity index (χ0n) is 11.6. The molecule has 2 N–H and O–H groups in total. The third-order valence-electron chi connectivity index (χ3n) is 4.59. The number of hydrogen-bond acceptors (Lipinski definition) is 4. The van der Waals surface area contributed by atoms with E-state index in [1.165, 1.54) is 31.4 Å². The van der Waals surface area contributed by atoms with E-state index in [4.69, 9.17) is 0 Å². The van der Waals surface area contributed by atoms with Gasteiger partial charge in [-0.2, -0.15) is 5.10 Å². The molecule has 3 rings (SSSR count). The SMILES string of the molecule is CN1C2CCCC1CC(NC(=O)c1ccc(=O)[nH]n1)C2. The summed E-state index contributed by atoms with van der Waals surface area (Å²) < 4.78 is 0. The smallest absolute Gasteiger partial charge is 0.271 e. The molecule has 6 heteroatoms. The van der Waals surface area contributed by atoms with Gasteiger partial charge in [-0.05, 0) is 38.8 Å². The van der Waals surface area contributed by atoms with Crippen molar-refractivity contribution >= 4 is 5.91 Å². The van der Waals surface area contributed by atoms with Crippen LogP contribution in [0.1, 0.15) is 42.6 Å². The summed E-state index contributed by atoms with van der Waals surface area (Å²) in [6.07, 6.45) is 5.73. The molecule has 2 bridgehead atoms. The third-order valence-corrected chi connectivity index (χ3v) is 4.59. The highest BCUT2D eigenvalue weighted by Crippen LogP contribution is 2.32. The Morgan fingerprint density at radius 1 is 1.35 bits per heavy atom. The van der Waals surface area contributed by atoms with Crippen LogP contribution in [0.5, 0.6) is 0 Å². The van der Waals surface area contributed by atoms with Crippen LogP contribution in [0.25, 0.3) is 0 Å². The molecular weight excluding hydrogens is 256 g/mol. The fourth-order valence-corrected chi connectivity index (χ4v) is 3.46. The predicted octanol–water partition coefficient (Wildman–Crippen LogP) is 0.515. The number of carbonyl (C=O) groups excluding carboxylic acids is 1. The molecule has 0 radical (unpaired) electrons. The predicted molar refractivity (Wildman–Crippen MR) is 74.5 cm³/mol. The van der Waals surface area contributed by atoms with Gasteiger partial charge < -0.3 is 10.2 Å². The molecule has 1 aromatic heterocycles.